The average molecular weight is 177 g/mol. The molecule has 0 saturated heterocycles. The quantitative estimate of drug-likeness (QED) is 0.697. The zero-order valence-corrected chi connectivity index (χ0v) is 6.79. The van der Waals surface area contributed by atoms with Crippen molar-refractivity contribution in [3.63, 3.8) is 0 Å². The summed E-state index contributed by atoms with van der Waals surface area (Å²) >= 11 is 0. The molecule has 2 rings (SSSR count). The summed E-state index contributed by atoms with van der Waals surface area (Å²) < 4.78 is 12.8. The number of rotatable bonds is 1. The van der Waals surface area contributed by atoms with Crippen molar-refractivity contribution in [2.45, 2.75) is 0 Å². The number of aromatic nitrogens is 2. The van der Waals surface area contributed by atoms with Gasteiger partial charge in [0.1, 0.15) is 11.6 Å². The molecule has 0 fully saturated rings. The van der Waals surface area contributed by atoms with Gasteiger partial charge in [0.05, 0.1) is 12.0 Å². The van der Waals surface area contributed by atoms with Gasteiger partial charge in [-0.1, -0.05) is 12.1 Å². The number of H-pyrrole nitrogens is 1. The largest absolute Gasteiger partial charge is 0.382 e. The molecule has 0 atom stereocenters. The smallest absolute Gasteiger partial charge is 0.149 e. The van der Waals surface area contributed by atoms with Crippen LogP contribution < -0.4 is 5.73 Å². The highest BCUT2D eigenvalue weighted by Crippen LogP contribution is 2.21. The van der Waals surface area contributed by atoms with E-state index in [1.54, 1.807) is 12.1 Å². The number of aromatic amines is 1. The molecular formula is C9H8FN3. The maximum absolute atomic E-state index is 12.8. The summed E-state index contributed by atoms with van der Waals surface area (Å²) in [7, 11) is 0. The van der Waals surface area contributed by atoms with Crippen LogP contribution in [0.1, 0.15) is 0 Å². The summed E-state index contributed by atoms with van der Waals surface area (Å²) in [6, 6.07) is 6.19. The van der Waals surface area contributed by atoms with Crippen LogP contribution >= 0.6 is 0 Å². The van der Waals surface area contributed by atoms with E-state index in [4.69, 9.17) is 5.73 Å². The lowest BCUT2D eigenvalue weighted by Gasteiger charge is -1.98. The molecule has 1 heterocycles. The van der Waals surface area contributed by atoms with Gasteiger partial charge in [-0.15, -0.1) is 0 Å². The molecule has 3 N–H and O–H groups in total. The molecule has 3 nitrogen and oxygen atoms in total. The highest BCUT2D eigenvalue weighted by molar-refractivity contribution is 5.69. The van der Waals surface area contributed by atoms with Crippen LogP contribution in [-0.2, 0) is 0 Å². The molecular weight excluding hydrogens is 169 g/mol. The van der Waals surface area contributed by atoms with Gasteiger partial charge in [-0.05, 0) is 12.1 Å². The highest BCUT2D eigenvalue weighted by Gasteiger charge is 2.04. The van der Waals surface area contributed by atoms with E-state index in [2.05, 4.69) is 9.97 Å². The molecule has 13 heavy (non-hydrogen) atoms. The summed E-state index contributed by atoms with van der Waals surface area (Å²) in [4.78, 5) is 6.67. The highest BCUT2D eigenvalue weighted by atomic mass is 19.1. The van der Waals surface area contributed by atoms with E-state index >= 15 is 0 Å². The second-order valence-corrected chi connectivity index (χ2v) is 2.67. The fourth-order valence-electron chi connectivity index (χ4n) is 1.18. The second kappa shape index (κ2) is 2.90. The molecule has 0 aliphatic heterocycles. The van der Waals surface area contributed by atoms with Crippen molar-refractivity contribution in [1.82, 2.24) is 9.97 Å². The Hall–Kier alpha value is -1.84. The lowest BCUT2D eigenvalue weighted by molar-refractivity contribution is 0.628. The predicted molar refractivity (Wildman–Crippen MR) is 48.4 cm³/mol. The molecule has 2 aromatic rings. The Balaban J connectivity index is 2.53. The first-order valence-corrected chi connectivity index (χ1v) is 3.82. The Kier molecular flexibility index (Phi) is 1.73. The zero-order valence-electron chi connectivity index (χ0n) is 6.79. The number of hydrogen-bond donors (Lipinski definition) is 2. The van der Waals surface area contributed by atoms with Crippen LogP contribution in [-0.4, -0.2) is 9.97 Å². The monoisotopic (exact) mass is 177 g/mol. The van der Waals surface area contributed by atoms with E-state index in [0.717, 1.165) is 0 Å². The molecule has 0 aliphatic rings. The predicted octanol–water partition coefficient (Wildman–Crippen LogP) is 1.80. The fraction of sp³-hybridized carbons (Fsp3) is 0. The number of nitrogen functional groups attached to an aromatic ring is 1. The Morgan fingerprint density at radius 3 is 2.85 bits per heavy atom. The first-order valence-electron chi connectivity index (χ1n) is 3.82. The van der Waals surface area contributed by atoms with Gasteiger partial charge in [0.25, 0.3) is 0 Å². The standard InChI is InChI=1S/C9H8FN3/c10-7-3-1-2-6(4-7)8-9(11)13-5-12-8/h1-5H,11H2,(H,12,13). The molecule has 0 unspecified atom stereocenters. The summed E-state index contributed by atoms with van der Waals surface area (Å²) in [6.07, 6.45) is 1.48. The normalized spacial score (nSPS) is 10.2. The number of nitrogens with two attached hydrogens (primary N) is 1. The maximum atomic E-state index is 12.8. The molecule has 0 amide bonds. The van der Waals surface area contributed by atoms with Crippen molar-refractivity contribution in [3.05, 3.63) is 36.4 Å². The third kappa shape index (κ3) is 1.38. The lowest BCUT2D eigenvalue weighted by atomic mass is 10.1. The summed E-state index contributed by atoms with van der Waals surface area (Å²) in [5.74, 6) is 0.0945. The number of halogens is 1. The number of nitrogens with one attached hydrogen (secondary N) is 1. The van der Waals surface area contributed by atoms with Crippen LogP contribution in [0.2, 0.25) is 0 Å². The summed E-state index contributed by atoms with van der Waals surface area (Å²) in [5, 5.41) is 0. The van der Waals surface area contributed by atoms with Gasteiger partial charge in [-0.25, -0.2) is 9.37 Å². The van der Waals surface area contributed by atoms with Gasteiger partial charge in [-0.3, -0.25) is 0 Å². The van der Waals surface area contributed by atoms with Gasteiger partial charge in [0.15, 0.2) is 0 Å². The molecule has 1 aromatic heterocycles. The van der Waals surface area contributed by atoms with E-state index in [1.807, 2.05) is 0 Å². The van der Waals surface area contributed by atoms with Crippen LogP contribution in [0.4, 0.5) is 10.2 Å². The van der Waals surface area contributed by atoms with E-state index in [-0.39, 0.29) is 5.82 Å². The number of imidazole rings is 1. The first kappa shape index (κ1) is 7.79. The summed E-state index contributed by atoms with van der Waals surface area (Å²) in [5.41, 5.74) is 6.91. The first-order chi connectivity index (χ1) is 6.27. The molecule has 0 radical (unpaired) electrons. The van der Waals surface area contributed by atoms with Crippen LogP contribution in [0.3, 0.4) is 0 Å². The molecule has 0 bridgehead atoms. The van der Waals surface area contributed by atoms with Crippen molar-refractivity contribution in [1.29, 1.82) is 0 Å². The summed E-state index contributed by atoms with van der Waals surface area (Å²) in [6.45, 7) is 0. The van der Waals surface area contributed by atoms with Crippen molar-refractivity contribution < 1.29 is 4.39 Å². The number of nitrogens with zero attached hydrogens (tertiary/aromatic N) is 1. The number of anilines is 1. The second-order valence-electron chi connectivity index (χ2n) is 2.67. The average Bonchev–Trinajstić information content (AvgIpc) is 2.51. The Bertz CT molecular complexity index is 422. The minimum atomic E-state index is -0.286. The third-order valence-electron chi connectivity index (χ3n) is 1.78. The van der Waals surface area contributed by atoms with Gasteiger partial charge >= 0.3 is 0 Å². The minimum absolute atomic E-state index is 0.286. The lowest BCUT2D eigenvalue weighted by Crippen LogP contribution is -1.88. The zero-order chi connectivity index (χ0) is 9.26. The minimum Gasteiger partial charge on any atom is -0.382 e. The molecule has 0 aliphatic carbocycles. The van der Waals surface area contributed by atoms with Crippen LogP contribution in [0.5, 0.6) is 0 Å². The van der Waals surface area contributed by atoms with E-state index in [1.165, 1.54) is 18.5 Å². The van der Waals surface area contributed by atoms with Crippen molar-refractivity contribution >= 4 is 5.82 Å². The van der Waals surface area contributed by atoms with Crippen LogP contribution in [0.15, 0.2) is 30.6 Å². The Labute approximate surface area is 74.4 Å². The molecule has 66 valence electrons. The third-order valence-corrected chi connectivity index (χ3v) is 1.78. The SMILES string of the molecule is Nc1nc[nH]c1-c1cccc(F)c1. The fourth-order valence-corrected chi connectivity index (χ4v) is 1.18. The van der Waals surface area contributed by atoms with E-state index in [9.17, 15) is 4.39 Å². The van der Waals surface area contributed by atoms with Gasteiger partial charge in [-0.2, -0.15) is 0 Å². The van der Waals surface area contributed by atoms with Crippen LogP contribution in [0.25, 0.3) is 11.3 Å². The van der Waals surface area contributed by atoms with E-state index < -0.39 is 0 Å². The van der Waals surface area contributed by atoms with Crippen molar-refractivity contribution in [2.24, 2.45) is 0 Å². The van der Waals surface area contributed by atoms with Gasteiger partial charge in [0, 0.05) is 5.56 Å². The molecule has 4 heteroatoms. The maximum Gasteiger partial charge on any atom is 0.149 e. The topological polar surface area (TPSA) is 54.7 Å². The Morgan fingerprint density at radius 2 is 2.23 bits per heavy atom. The van der Waals surface area contributed by atoms with Crippen molar-refractivity contribution in [2.75, 3.05) is 5.73 Å². The molecule has 1 aromatic carbocycles. The van der Waals surface area contributed by atoms with E-state index in [0.29, 0.717) is 17.1 Å². The van der Waals surface area contributed by atoms with Gasteiger partial charge < -0.3 is 10.7 Å². The van der Waals surface area contributed by atoms with Crippen molar-refractivity contribution in [3.8, 4) is 11.3 Å². The Morgan fingerprint density at radius 1 is 1.38 bits per heavy atom. The number of hydrogen-bond acceptors (Lipinski definition) is 2. The van der Waals surface area contributed by atoms with Crippen LogP contribution in [0, 0.1) is 5.82 Å². The number of benzene rings is 1. The molecule has 0 spiro atoms. The molecule has 0 saturated carbocycles. The van der Waals surface area contributed by atoms with Gasteiger partial charge in [0.2, 0.25) is 0 Å².